The first-order valence-corrected chi connectivity index (χ1v) is 6.80. The van der Waals surface area contributed by atoms with Crippen LogP contribution in [0, 0.1) is 5.41 Å². The zero-order valence-corrected chi connectivity index (χ0v) is 10.9. The molecule has 2 rings (SSSR count). The lowest BCUT2D eigenvalue weighted by atomic mass is 9.65. The molecule has 0 N–H and O–H groups in total. The van der Waals surface area contributed by atoms with E-state index in [-0.39, 0.29) is 5.78 Å². The molecule has 0 aromatic heterocycles. The molecule has 0 unspecified atom stereocenters. The summed E-state index contributed by atoms with van der Waals surface area (Å²) in [7, 11) is 0. The van der Waals surface area contributed by atoms with Gasteiger partial charge in [0.25, 0.3) is 0 Å². The summed E-state index contributed by atoms with van der Waals surface area (Å²) in [4.78, 5) is 12.2. The number of ketones is 1. The van der Waals surface area contributed by atoms with Gasteiger partial charge in [-0.25, -0.2) is 0 Å². The minimum absolute atomic E-state index is 0.123. The lowest BCUT2D eigenvalue weighted by molar-refractivity contribution is -0.116. The standard InChI is InChI=1S/C15H22O2/c1-3-15(9-6-10-15)11-12-7-5-8-13(14(12)16)17-4-2/h8,11H,3-7,9-10H2,1-2H3/b12-11-. The molecule has 0 spiro atoms. The summed E-state index contributed by atoms with van der Waals surface area (Å²) in [5.74, 6) is 0.688. The molecule has 2 nitrogen and oxygen atoms in total. The van der Waals surface area contributed by atoms with Crippen LogP contribution in [0.1, 0.15) is 52.4 Å². The Morgan fingerprint density at radius 2 is 2.18 bits per heavy atom. The molecular weight excluding hydrogens is 212 g/mol. The minimum atomic E-state index is 0.123. The highest BCUT2D eigenvalue weighted by Gasteiger charge is 2.34. The number of hydrogen-bond acceptors (Lipinski definition) is 2. The highest BCUT2D eigenvalue weighted by molar-refractivity contribution is 6.07. The average molecular weight is 234 g/mol. The summed E-state index contributed by atoms with van der Waals surface area (Å²) in [5.41, 5.74) is 1.30. The molecule has 0 aromatic carbocycles. The summed E-state index contributed by atoms with van der Waals surface area (Å²) in [6, 6.07) is 0. The molecule has 0 saturated heterocycles. The van der Waals surface area contributed by atoms with E-state index in [1.165, 1.54) is 19.3 Å². The van der Waals surface area contributed by atoms with Gasteiger partial charge in [0.15, 0.2) is 5.76 Å². The van der Waals surface area contributed by atoms with Crippen LogP contribution < -0.4 is 0 Å². The fourth-order valence-corrected chi connectivity index (χ4v) is 2.74. The summed E-state index contributed by atoms with van der Waals surface area (Å²) in [6.07, 6.45) is 11.0. The number of ether oxygens (including phenoxy) is 1. The van der Waals surface area contributed by atoms with Crippen LogP contribution >= 0.6 is 0 Å². The highest BCUT2D eigenvalue weighted by atomic mass is 16.5. The molecule has 17 heavy (non-hydrogen) atoms. The monoisotopic (exact) mass is 234 g/mol. The molecular formula is C15H22O2. The second-order valence-corrected chi connectivity index (χ2v) is 5.11. The Bertz CT molecular complexity index is 354. The molecule has 1 fully saturated rings. The van der Waals surface area contributed by atoms with Crippen LogP contribution in [0.4, 0.5) is 0 Å². The molecule has 0 heterocycles. The van der Waals surface area contributed by atoms with Crippen molar-refractivity contribution in [3.8, 4) is 0 Å². The third-order valence-electron chi connectivity index (χ3n) is 4.09. The van der Waals surface area contributed by atoms with E-state index in [0.717, 1.165) is 24.8 Å². The van der Waals surface area contributed by atoms with E-state index in [9.17, 15) is 4.79 Å². The first kappa shape index (κ1) is 12.4. The van der Waals surface area contributed by atoms with Gasteiger partial charge < -0.3 is 4.74 Å². The van der Waals surface area contributed by atoms with Gasteiger partial charge in [0.05, 0.1) is 6.61 Å². The molecule has 0 atom stereocenters. The van der Waals surface area contributed by atoms with E-state index in [4.69, 9.17) is 4.74 Å². The van der Waals surface area contributed by atoms with Gasteiger partial charge >= 0.3 is 0 Å². The van der Waals surface area contributed by atoms with E-state index in [1.54, 1.807) is 0 Å². The largest absolute Gasteiger partial charge is 0.490 e. The number of rotatable bonds is 4. The van der Waals surface area contributed by atoms with Crippen molar-refractivity contribution < 1.29 is 9.53 Å². The van der Waals surface area contributed by atoms with Crippen molar-refractivity contribution in [2.45, 2.75) is 52.4 Å². The van der Waals surface area contributed by atoms with Gasteiger partial charge in [-0.1, -0.05) is 19.4 Å². The normalized spacial score (nSPS) is 25.4. The van der Waals surface area contributed by atoms with E-state index >= 15 is 0 Å². The molecule has 94 valence electrons. The van der Waals surface area contributed by atoms with Gasteiger partial charge in [-0.2, -0.15) is 0 Å². The van der Waals surface area contributed by atoms with E-state index in [1.807, 2.05) is 13.0 Å². The Hall–Kier alpha value is -1.05. The topological polar surface area (TPSA) is 26.3 Å². The third-order valence-corrected chi connectivity index (χ3v) is 4.09. The third kappa shape index (κ3) is 2.46. The Labute approximate surface area is 104 Å². The second-order valence-electron chi connectivity index (χ2n) is 5.11. The van der Waals surface area contributed by atoms with Gasteiger partial charge in [-0.05, 0) is 50.5 Å². The fourth-order valence-electron chi connectivity index (χ4n) is 2.74. The van der Waals surface area contributed by atoms with Crippen LogP contribution in [0.15, 0.2) is 23.5 Å². The molecule has 0 aromatic rings. The quantitative estimate of drug-likeness (QED) is 0.692. The molecule has 2 aliphatic rings. The lowest BCUT2D eigenvalue weighted by Crippen LogP contribution is -2.28. The second kappa shape index (κ2) is 5.07. The Kier molecular flexibility index (Phi) is 3.70. The predicted octanol–water partition coefficient (Wildman–Crippen LogP) is 3.78. The highest BCUT2D eigenvalue weighted by Crippen LogP contribution is 2.46. The first-order valence-electron chi connectivity index (χ1n) is 6.80. The maximum atomic E-state index is 12.2. The summed E-state index contributed by atoms with van der Waals surface area (Å²) < 4.78 is 5.40. The zero-order valence-electron chi connectivity index (χ0n) is 10.9. The molecule has 0 radical (unpaired) electrons. The number of carbonyl (C=O) groups excluding carboxylic acids is 1. The van der Waals surface area contributed by atoms with E-state index in [0.29, 0.717) is 17.8 Å². The Balaban J connectivity index is 2.14. The Morgan fingerprint density at radius 1 is 1.41 bits per heavy atom. The number of allylic oxidation sites excluding steroid dienone is 3. The summed E-state index contributed by atoms with van der Waals surface area (Å²) >= 11 is 0. The molecule has 2 aliphatic carbocycles. The number of carbonyl (C=O) groups is 1. The SMILES string of the molecule is CCOC1=CCC/C(=C/C2(CC)CCC2)C1=O. The number of Topliss-reactive ketones (excluding diaryl/α,β-unsaturated/α-hetero) is 1. The molecule has 2 heteroatoms. The van der Waals surface area contributed by atoms with E-state index in [2.05, 4.69) is 13.0 Å². The molecule has 0 bridgehead atoms. The smallest absolute Gasteiger partial charge is 0.222 e. The maximum Gasteiger partial charge on any atom is 0.222 e. The van der Waals surface area contributed by atoms with Gasteiger partial charge in [0.1, 0.15) is 0 Å². The van der Waals surface area contributed by atoms with Gasteiger partial charge in [0.2, 0.25) is 5.78 Å². The van der Waals surface area contributed by atoms with E-state index < -0.39 is 0 Å². The van der Waals surface area contributed by atoms with Crippen LogP contribution in [0.2, 0.25) is 0 Å². The summed E-state index contributed by atoms with van der Waals surface area (Å²) in [6.45, 7) is 4.72. The van der Waals surface area contributed by atoms with Crippen molar-refractivity contribution in [2.75, 3.05) is 6.61 Å². The molecule has 1 saturated carbocycles. The van der Waals surface area contributed by atoms with Crippen LogP contribution in [-0.4, -0.2) is 12.4 Å². The van der Waals surface area contributed by atoms with Crippen LogP contribution in [-0.2, 0) is 9.53 Å². The molecule has 0 aliphatic heterocycles. The van der Waals surface area contributed by atoms with Crippen molar-refractivity contribution >= 4 is 5.78 Å². The lowest BCUT2D eigenvalue weighted by Gasteiger charge is -2.39. The van der Waals surface area contributed by atoms with Gasteiger partial charge in [-0.3, -0.25) is 4.79 Å². The molecule has 0 amide bonds. The minimum Gasteiger partial charge on any atom is -0.490 e. The number of hydrogen-bond donors (Lipinski definition) is 0. The Morgan fingerprint density at radius 3 is 2.71 bits per heavy atom. The van der Waals surface area contributed by atoms with Gasteiger partial charge in [-0.15, -0.1) is 0 Å². The zero-order chi connectivity index (χ0) is 12.3. The maximum absolute atomic E-state index is 12.2. The van der Waals surface area contributed by atoms with Crippen LogP contribution in [0.5, 0.6) is 0 Å². The van der Waals surface area contributed by atoms with Crippen LogP contribution in [0.3, 0.4) is 0 Å². The average Bonchev–Trinajstić information content (AvgIpc) is 2.28. The van der Waals surface area contributed by atoms with Crippen molar-refractivity contribution in [1.29, 1.82) is 0 Å². The van der Waals surface area contributed by atoms with Crippen molar-refractivity contribution in [1.82, 2.24) is 0 Å². The predicted molar refractivity (Wildman–Crippen MR) is 68.6 cm³/mol. The van der Waals surface area contributed by atoms with Crippen molar-refractivity contribution in [3.05, 3.63) is 23.5 Å². The summed E-state index contributed by atoms with van der Waals surface area (Å²) in [5, 5.41) is 0. The van der Waals surface area contributed by atoms with Gasteiger partial charge in [0, 0.05) is 5.57 Å². The first-order chi connectivity index (χ1) is 8.21. The van der Waals surface area contributed by atoms with Crippen molar-refractivity contribution in [2.24, 2.45) is 5.41 Å². The fraction of sp³-hybridized carbons (Fsp3) is 0.667. The van der Waals surface area contributed by atoms with Crippen molar-refractivity contribution in [3.63, 3.8) is 0 Å². The van der Waals surface area contributed by atoms with Crippen LogP contribution in [0.25, 0.3) is 0 Å².